The van der Waals surface area contributed by atoms with Gasteiger partial charge in [-0.15, -0.1) is 0 Å². The molecule has 1 aliphatic heterocycles. The summed E-state index contributed by atoms with van der Waals surface area (Å²) in [5, 5.41) is 11.0. The zero-order chi connectivity index (χ0) is 22.1. The second-order valence-corrected chi connectivity index (χ2v) is 7.70. The Morgan fingerprint density at radius 2 is 1.59 bits per heavy atom. The number of benzene rings is 3. The van der Waals surface area contributed by atoms with Gasteiger partial charge in [-0.1, -0.05) is 24.3 Å². The molecule has 1 fully saturated rings. The number of phenolic OH excluding ortho intramolecular Hbond substituents is 1. The number of aromatic hydroxyl groups is 1. The SMILES string of the molecule is COc1ccccc1N1CCN(c2nc(-c3ccccc3O)nc3ccc(F)cc23)CC1. The number of rotatable bonds is 4. The van der Waals surface area contributed by atoms with Gasteiger partial charge in [0.15, 0.2) is 5.82 Å². The van der Waals surface area contributed by atoms with E-state index in [4.69, 9.17) is 9.72 Å². The maximum Gasteiger partial charge on any atom is 0.165 e. The fourth-order valence-corrected chi connectivity index (χ4v) is 4.16. The summed E-state index contributed by atoms with van der Waals surface area (Å²) in [5.41, 5.74) is 2.25. The van der Waals surface area contributed by atoms with Crippen molar-refractivity contribution < 1.29 is 14.2 Å². The molecule has 162 valence electrons. The summed E-state index contributed by atoms with van der Waals surface area (Å²) in [6.45, 7) is 2.96. The van der Waals surface area contributed by atoms with Crippen molar-refractivity contribution in [2.24, 2.45) is 0 Å². The number of anilines is 2. The van der Waals surface area contributed by atoms with E-state index in [-0.39, 0.29) is 11.6 Å². The first-order valence-electron chi connectivity index (χ1n) is 10.5. The molecule has 5 rings (SSSR count). The predicted octanol–water partition coefficient (Wildman–Crippen LogP) is 4.48. The van der Waals surface area contributed by atoms with Gasteiger partial charge in [0.1, 0.15) is 23.1 Å². The van der Waals surface area contributed by atoms with E-state index in [1.54, 1.807) is 31.4 Å². The molecule has 4 aromatic rings. The van der Waals surface area contributed by atoms with Gasteiger partial charge < -0.3 is 19.6 Å². The van der Waals surface area contributed by atoms with Gasteiger partial charge in [0.25, 0.3) is 0 Å². The minimum absolute atomic E-state index is 0.112. The monoisotopic (exact) mass is 430 g/mol. The minimum atomic E-state index is -0.328. The molecule has 6 nitrogen and oxygen atoms in total. The molecular formula is C25H23FN4O2. The van der Waals surface area contributed by atoms with Crippen LogP contribution < -0.4 is 14.5 Å². The quantitative estimate of drug-likeness (QED) is 0.515. The third-order valence-electron chi connectivity index (χ3n) is 5.79. The lowest BCUT2D eigenvalue weighted by molar-refractivity contribution is 0.413. The van der Waals surface area contributed by atoms with E-state index in [0.29, 0.717) is 41.2 Å². The van der Waals surface area contributed by atoms with E-state index >= 15 is 0 Å². The number of methoxy groups -OCH3 is 1. The summed E-state index contributed by atoms with van der Waals surface area (Å²) < 4.78 is 19.6. The van der Waals surface area contributed by atoms with Crippen molar-refractivity contribution in [2.45, 2.75) is 0 Å². The zero-order valence-corrected chi connectivity index (χ0v) is 17.7. The normalized spacial score (nSPS) is 14.1. The highest BCUT2D eigenvalue weighted by Crippen LogP contribution is 2.33. The van der Waals surface area contributed by atoms with Crippen molar-refractivity contribution in [2.75, 3.05) is 43.1 Å². The van der Waals surface area contributed by atoms with E-state index in [9.17, 15) is 9.50 Å². The van der Waals surface area contributed by atoms with Gasteiger partial charge in [0, 0.05) is 31.6 Å². The Bertz CT molecular complexity index is 1270. The number of hydrogen-bond donors (Lipinski definition) is 1. The van der Waals surface area contributed by atoms with Crippen molar-refractivity contribution in [1.29, 1.82) is 0 Å². The number of ether oxygens (including phenoxy) is 1. The van der Waals surface area contributed by atoms with Crippen molar-refractivity contribution in [1.82, 2.24) is 9.97 Å². The van der Waals surface area contributed by atoms with Crippen LogP contribution in [-0.4, -0.2) is 48.4 Å². The first-order chi connectivity index (χ1) is 15.6. The molecule has 0 amide bonds. The molecule has 0 radical (unpaired) electrons. The minimum Gasteiger partial charge on any atom is -0.507 e. The summed E-state index contributed by atoms with van der Waals surface area (Å²) in [6.07, 6.45) is 0. The van der Waals surface area contributed by atoms with Gasteiger partial charge in [-0.3, -0.25) is 0 Å². The fourth-order valence-electron chi connectivity index (χ4n) is 4.16. The Balaban J connectivity index is 1.51. The molecule has 32 heavy (non-hydrogen) atoms. The molecule has 3 aromatic carbocycles. The molecule has 2 heterocycles. The Labute approximate surface area is 185 Å². The Morgan fingerprint density at radius 3 is 2.38 bits per heavy atom. The highest BCUT2D eigenvalue weighted by atomic mass is 19.1. The van der Waals surface area contributed by atoms with Gasteiger partial charge in [-0.2, -0.15) is 0 Å². The van der Waals surface area contributed by atoms with Crippen LogP contribution in [0.3, 0.4) is 0 Å². The van der Waals surface area contributed by atoms with Crippen molar-refractivity contribution in [3.63, 3.8) is 0 Å². The molecule has 1 saturated heterocycles. The first-order valence-corrected chi connectivity index (χ1v) is 10.5. The van der Waals surface area contributed by atoms with Crippen LogP contribution in [0.5, 0.6) is 11.5 Å². The molecule has 1 N–H and O–H groups in total. The standard InChI is InChI=1S/C25H23FN4O2/c1-32-23-9-5-3-7-21(23)29-12-14-30(15-13-29)25-19-16-17(26)10-11-20(19)27-24(28-25)18-6-2-4-8-22(18)31/h2-11,16,31H,12-15H2,1H3. The second-order valence-electron chi connectivity index (χ2n) is 7.70. The van der Waals surface area contributed by atoms with E-state index in [0.717, 1.165) is 24.5 Å². The van der Waals surface area contributed by atoms with E-state index < -0.39 is 0 Å². The van der Waals surface area contributed by atoms with Crippen LogP contribution >= 0.6 is 0 Å². The van der Waals surface area contributed by atoms with Crippen LogP contribution in [0.25, 0.3) is 22.3 Å². The number of fused-ring (bicyclic) bond motifs is 1. The van der Waals surface area contributed by atoms with Crippen molar-refractivity contribution in [3.8, 4) is 22.9 Å². The molecule has 0 atom stereocenters. The van der Waals surface area contributed by atoms with E-state index in [1.807, 2.05) is 24.3 Å². The number of hydrogen-bond acceptors (Lipinski definition) is 6. The Morgan fingerprint density at radius 1 is 0.875 bits per heavy atom. The van der Waals surface area contributed by atoms with Gasteiger partial charge >= 0.3 is 0 Å². The van der Waals surface area contributed by atoms with Crippen molar-refractivity contribution in [3.05, 3.63) is 72.5 Å². The topological polar surface area (TPSA) is 61.7 Å². The number of piperazine rings is 1. The average Bonchev–Trinajstić information content (AvgIpc) is 2.84. The number of halogens is 1. The lowest BCUT2D eigenvalue weighted by Crippen LogP contribution is -2.47. The number of para-hydroxylation sites is 3. The molecule has 7 heteroatoms. The van der Waals surface area contributed by atoms with Crippen LogP contribution in [0.2, 0.25) is 0 Å². The molecule has 0 saturated carbocycles. The Kier molecular flexibility index (Phi) is 5.23. The maximum atomic E-state index is 14.1. The number of aromatic nitrogens is 2. The van der Waals surface area contributed by atoms with Gasteiger partial charge in [-0.25, -0.2) is 14.4 Å². The van der Waals surface area contributed by atoms with E-state index in [2.05, 4.69) is 20.9 Å². The van der Waals surface area contributed by atoms with Gasteiger partial charge in [0.2, 0.25) is 0 Å². The smallest absolute Gasteiger partial charge is 0.165 e. The Hall–Kier alpha value is -3.87. The van der Waals surface area contributed by atoms with Crippen LogP contribution in [0.1, 0.15) is 0 Å². The fraction of sp³-hybridized carbons (Fsp3) is 0.200. The zero-order valence-electron chi connectivity index (χ0n) is 17.7. The summed E-state index contributed by atoms with van der Waals surface area (Å²) in [6, 6.07) is 19.5. The maximum absolute atomic E-state index is 14.1. The number of phenols is 1. The molecule has 0 spiro atoms. The largest absolute Gasteiger partial charge is 0.507 e. The van der Waals surface area contributed by atoms with E-state index in [1.165, 1.54) is 12.1 Å². The average molecular weight is 430 g/mol. The predicted molar refractivity (Wildman–Crippen MR) is 124 cm³/mol. The van der Waals surface area contributed by atoms with Gasteiger partial charge in [0.05, 0.1) is 23.9 Å². The van der Waals surface area contributed by atoms with Crippen LogP contribution in [0, 0.1) is 5.82 Å². The third-order valence-corrected chi connectivity index (χ3v) is 5.79. The third kappa shape index (κ3) is 3.66. The highest BCUT2D eigenvalue weighted by Gasteiger charge is 2.23. The lowest BCUT2D eigenvalue weighted by Gasteiger charge is -2.37. The highest BCUT2D eigenvalue weighted by molar-refractivity contribution is 5.91. The first kappa shape index (κ1) is 20.1. The summed E-state index contributed by atoms with van der Waals surface area (Å²) >= 11 is 0. The summed E-state index contributed by atoms with van der Waals surface area (Å²) in [4.78, 5) is 13.8. The van der Waals surface area contributed by atoms with Crippen molar-refractivity contribution >= 4 is 22.4 Å². The molecule has 1 aliphatic rings. The number of nitrogens with zero attached hydrogens (tertiary/aromatic N) is 4. The molecule has 0 unspecified atom stereocenters. The van der Waals surface area contributed by atoms with Crippen LogP contribution in [-0.2, 0) is 0 Å². The molecule has 0 aliphatic carbocycles. The van der Waals surface area contributed by atoms with Gasteiger partial charge in [-0.05, 0) is 42.5 Å². The molecule has 1 aromatic heterocycles. The summed E-state index contributed by atoms with van der Waals surface area (Å²) in [5.74, 6) is 1.72. The van der Waals surface area contributed by atoms with Crippen LogP contribution in [0.15, 0.2) is 66.7 Å². The second kappa shape index (κ2) is 8.34. The molecule has 0 bridgehead atoms. The summed E-state index contributed by atoms with van der Waals surface area (Å²) in [7, 11) is 1.68. The molecular weight excluding hydrogens is 407 g/mol. The van der Waals surface area contributed by atoms with Crippen LogP contribution in [0.4, 0.5) is 15.9 Å². The lowest BCUT2D eigenvalue weighted by atomic mass is 10.1.